The van der Waals surface area contributed by atoms with E-state index in [1.165, 1.54) is 0 Å². The summed E-state index contributed by atoms with van der Waals surface area (Å²) < 4.78 is 1.80. The van der Waals surface area contributed by atoms with Crippen molar-refractivity contribution in [3.8, 4) is 5.69 Å². The van der Waals surface area contributed by atoms with E-state index in [1.807, 2.05) is 36.5 Å². The lowest BCUT2D eigenvalue weighted by Gasteiger charge is -2.09. The third-order valence-electron chi connectivity index (χ3n) is 3.26. The Morgan fingerprint density at radius 1 is 1.04 bits per heavy atom. The van der Waals surface area contributed by atoms with E-state index in [2.05, 4.69) is 31.2 Å². The molecule has 122 valence electrons. The molecule has 0 unspecified atom stereocenters. The molecule has 0 saturated carbocycles. The minimum Gasteiger partial charge on any atom is -0.336 e. The number of benzene rings is 1. The van der Waals surface area contributed by atoms with Crippen molar-refractivity contribution in [3.05, 3.63) is 66.7 Å². The lowest BCUT2D eigenvalue weighted by molar-refractivity contribution is 0.243. The van der Waals surface area contributed by atoms with Gasteiger partial charge in [0.2, 0.25) is 5.95 Å². The summed E-state index contributed by atoms with van der Waals surface area (Å²) in [5.41, 5.74) is 7.23. The molecule has 3 rings (SSSR count). The topological polar surface area (TPSA) is 96.8 Å². The summed E-state index contributed by atoms with van der Waals surface area (Å²) in [4.78, 5) is 19.5. The van der Waals surface area contributed by atoms with Crippen molar-refractivity contribution in [1.82, 2.24) is 30.5 Å². The van der Waals surface area contributed by atoms with Gasteiger partial charge in [0.15, 0.2) is 0 Å². The van der Waals surface area contributed by atoms with Crippen LogP contribution in [-0.2, 0) is 6.42 Å². The maximum atomic E-state index is 11.7. The molecule has 0 aliphatic carbocycles. The number of rotatable bonds is 6. The second-order valence-electron chi connectivity index (χ2n) is 4.95. The van der Waals surface area contributed by atoms with E-state index < -0.39 is 0 Å². The minimum atomic E-state index is -0.337. The van der Waals surface area contributed by atoms with Crippen LogP contribution in [0, 0.1) is 0 Å². The van der Waals surface area contributed by atoms with Crippen molar-refractivity contribution in [2.75, 3.05) is 12.0 Å². The molecule has 1 aromatic carbocycles. The molecule has 24 heavy (non-hydrogen) atoms. The van der Waals surface area contributed by atoms with Crippen LogP contribution in [-0.4, -0.2) is 32.3 Å². The van der Waals surface area contributed by atoms with Gasteiger partial charge in [-0.2, -0.15) is 5.10 Å². The van der Waals surface area contributed by atoms with Gasteiger partial charge in [0, 0.05) is 31.3 Å². The Labute approximate surface area is 138 Å². The number of carbonyl (C=O) groups is 1. The van der Waals surface area contributed by atoms with Gasteiger partial charge in [0.25, 0.3) is 0 Å². The number of carbonyl (C=O) groups excluding carboxylic acids is 1. The van der Waals surface area contributed by atoms with Gasteiger partial charge in [-0.1, -0.05) is 12.1 Å². The largest absolute Gasteiger partial charge is 0.336 e. The van der Waals surface area contributed by atoms with E-state index in [4.69, 9.17) is 0 Å². The molecule has 3 N–H and O–H groups in total. The van der Waals surface area contributed by atoms with Crippen LogP contribution in [0.5, 0.6) is 0 Å². The highest BCUT2D eigenvalue weighted by atomic mass is 16.2. The number of amides is 2. The van der Waals surface area contributed by atoms with Crippen molar-refractivity contribution in [1.29, 1.82) is 0 Å². The Morgan fingerprint density at radius 3 is 2.54 bits per heavy atom. The quantitative estimate of drug-likeness (QED) is 0.598. The molecule has 2 amide bonds. The van der Waals surface area contributed by atoms with Crippen LogP contribution in [0.1, 0.15) is 5.56 Å². The fourth-order valence-corrected chi connectivity index (χ4v) is 2.08. The normalized spacial score (nSPS) is 10.2. The van der Waals surface area contributed by atoms with Gasteiger partial charge in [-0.25, -0.2) is 24.9 Å². The van der Waals surface area contributed by atoms with Crippen molar-refractivity contribution < 1.29 is 4.79 Å². The third-order valence-corrected chi connectivity index (χ3v) is 3.26. The van der Waals surface area contributed by atoms with E-state index in [-0.39, 0.29) is 6.03 Å². The lowest BCUT2D eigenvalue weighted by Crippen LogP contribution is -2.40. The van der Waals surface area contributed by atoms with Crippen LogP contribution in [0.15, 0.2) is 61.2 Å². The van der Waals surface area contributed by atoms with E-state index >= 15 is 0 Å². The molecular formula is C16H17N7O. The summed E-state index contributed by atoms with van der Waals surface area (Å²) in [5.74, 6) is 0.335. The second kappa shape index (κ2) is 7.73. The average molecular weight is 323 g/mol. The Morgan fingerprint density at radius 2 is 1.83 bits per heavy atom. The Kier molecular flexibility index (Phi) is 4.98. The molecule has 3 aromatic rings. The molecule has 2 heterocycles. The Balaban J connectivity index is 1.40. The first kappa shape index (κ1) is 15.5. The van der Waals surface area contributed by atoms with E-state index in [0.717, 1.165) is 17.7 Å². The summed E-state index contributed by atoms with van der Waals surface area (Å²) >= 11 is 0. The van der Waals surface area contributed by atoms with Crippen molar-refractivity contribution in [2.24, 2.45) is 0 Å². The van der Waals surface area contributed by atoms with Gasteiger partial charge in [0.1, 0.15) is 0 Å². The monoisotopic (exact) mass is 323 g/mol. The molecule has 0 radical (unpaired) electrons. The first-order valence-corrected chi connectivity index (χ1v) is 7.47. The van der Waals surface area contributed by atoms with Gasteiger partial charge in [-0.3, -0.25) is 5.43 Å². The number of hydrazine groups is 1. The highest BCUT2D eigenvalue weighted by Gasteiger charge is 2.01. The highest BCUT2D eigenvalue weighted by molar-refractivity contribution is 5.74. The van der Waals surface area contributed by atoms with Gasteiger partial charge >= 0.3 is 6.03 Å². The first-order chi connectivity index (χ1) is 11.8. The molecule has 0 saturated heterocycles. The van der Waals surface area contributed by atoms with Crippen molar-refractivity contribution in [3.63, 3.8) is 0 Å². The number of nitrogens with one attached hydrogen (secondary N) is 3. The predicted molar refractivity (Wildman–Crippen MR) is 89.5 cm³/mol. The fourth-order valence-electron chi connectivity index (χ4n) is 2.08. The molecule has 2 aromatic heterocycles. The van der Waals surface area contributed by atoms with Gasteiger partial charge in [-0.05, 0) is 36.2 Å². The Hall–Kier alpha value is -3.42. The van der Waals surface area contributed by atoms with Crippen LogP contribution in [0.25, 0.3) is 5.69 Å². The third kappa shape index (κ3) is 4.29. The number of hydrogen-bond acceptors (Lipinski definition) is 5. The van der Waals surface area contributed by atoms with Crippen LogP contribution in [0.3, 0.4) is 0 Å². The molecule has 0 spiro atoms. The summed E-state index contributed by atoms with van der Waals surface area (Å²) in [7, 11) is 0. The molecule has 0 aliphatic rings. The number of anilines is 1. The summed E-state index contributed by atoms with van der Waals surface area (Å²) in [6.07, 6.45) is 7.54. The molecule has 0 atom stereocenters. The molecule has 0 fully saturated rings. The Bertz CT molecular complexity index is 757. The van der Waals surface area contributed by atoms with Crippen LogP contribution < -0.4 is 16.2 Å². The van der Waals surface area contributed by atoms with E-state index in [0.29, 0.717) is 12.5 Å². The summed E-state index contributed by atoms with van der Waals surface area (Å²) in [5, 5.41) is 6.94. The zero-order valence-corrected chi connectivity index (χ0v) is 12.9. The second-order valence-corrected chi connectivity index (χ2v) is 4.95. The maximum Gasteiger partial charge on any atom is 0.333 e. The maximum absolute atomic E-state index is 11.7. The zero-order valence-electron chi connectivity index (χ0n) is 12.9. The molecule has 0 aliphatic heterocycles. The predicted octanol–water partition coefficient (Wildman–Crippen LogP) is 1.53. The van der Waals surface area contributed by atoms with Crippen molar-refractivity contribution >= 4 is 12.0 Å². The van der Waals surface area contributed by atoms with Crippen LogP contribution >= 0.6 is 0 Å². The summed E-state index contributed by atoms with van der Waals surface area (Å²) in [6, 6.07) is 11.3. The molecule has 8 nitrogen and oxygen atoms in total. The van der Waals surface area contributed by atoms with Gasteiger partial charge in [0.05, 0.1) is 5.69 Å². The standard InChI is InChI=1S/C16H17N7O/c24-16(22-21-15-17-8-1-9-18-15)19-11-7-13-3-5-14(6-4-13)23-12-2-10-20-23/h1-6,8-10,12H,7,11H2,(H,17,18,21)(H2,19,22,24). The number of nitrogens with zero attached hydrogens (tertiary/aromatic N) is 4. The van der Waals surface area contributed by atoms with E-state index in [1.54, 1.807) is 29.3 Å². The van der Waals surface area contributed by atoms with Crippen LogP contribution in [0.4, 0.5) is 10.7 Å². The first-order valence-electron chi connectivity index (χ1n) is 7.47. The van der Waals surface area contributed by atoms with E-state index in [9.17, 15) is 4.79 Å². The number of urea groups is 1. The summed E-state index contributed by atoms with van der Waals surface area (Å²) in [6.45, 7) is 0.518. The smallest absolute Gasteiger partial charge is 0.333 e. The van der Waals surface area contributed by atoms with Crippen LogP contribution in [0.2, 0.25) is 0 Å². The molecular weight excluding hydrogens is 306 g/mol. The van der Waals surface area contributed by atoms with Gasteiger partial charge in [-0.15, -0.1) is 0 Å². The average Bonchev–Trinajstić information content (AvgIpc) is 3.16. The molecule has 0 bridgehead atoms. The zero-order chi connectivity index (χ0) is 16.6. The highest BCUT2D eigenvalue weighted by Crippen LogP contribution is 2.08. The molecule has 8 heteroatoms. The fraction of sp³-hybridized carbons (Fsp3) is 0.125. The van der Waals surface area contributed by atoms with Crippen molar-refractivity contribution in [2.45, 2.75) is 6.42 Å². The van der Waals surface area contributed by atoms with Gasteiger partial charge < -0.3 is 5.32 Å². The SMILES string of the molecule is O=C(NCCc1ccc(-n2cccn2)cc1)NNc1ncccn1. The minimum absolute atomic E-state index is 0.335. The lowest BCUT2D eigenvalue weighted by atomic mass is 10.1. The number of hydrogen-bond donors (Lipinski definition) is 3. The number of aromatic nitrogens is 4.